The quantitative estimate of drug-likeness (QED) is 0.580. The van der Waals surface area contributed by atoms with Crippen LogP contribution in [-0.4, -0.2) is 41.5 Å². The molecular weight excluding hydrogens is 412 g/mol. The first-order valence-corrected chi connectivity index (χ1v) is 11.4. The van der Waals surface area contributed by atoms with Crippen LogP contribution in [0.5, 0.6) is 0 Å². The summed E-state index contributed by atoms with van der Waals surface area (Å²) < 4.78 is 5.04. The Kier molecular flexibility index (Phi) is 6.18. The summed E-state index contributed by atoms with van der Waals surface area (Å²) in [4.78, 5) is 38.2. The van der Waals surface area contributed by atoms with Crippen LogP contribution in [0.2, 0.25) is 0 Å². The van der Waals surface area contributed by atoms with Gasteiger partial charge in [0.2, 0.25) is 0 Å². The van der Waals surface area contributed by atoms with Crippen LogP contribution >= 0.6 is 11.3 Å². The first-order chi connectivity index (χ1) is 15.0. The third-order valence-corrected chi connectivity index (χ3v) is 6.56. The van der Waals surface area contributed by atoms with Gasteiger partial charge in [0.1, 0.15) is 16.5 Å². The van der Waals surface area contributed by atoms with E-state index in [0.717, 1.165) is 47.5 Å². The number of aromatic nitrogens is 2. The number of benzene rings is 1. The lowest BCUT2D eigenvalue weighted by molar-refractivity contribution is 0.0526. The highest BCUT2D eigenvalue weighted by Crippen LogP contribution is 2.36. The van der Waals surface area contributed by atoms with Gasteiger partial charge in [-0.15, -0.1) is 11.3 Å². The van der Waals surface area contributed by atoms with E-state index in [1.807, 2.05) is 13.8 Å². The summed E-state index contributed by atoms with van der Waals surface area (Å²) in [5.74, 6) is 1.01. The zero-order valence-corrected chi connectivity index (χ0v) is 18.8. The molecule has 162 valence electrons. The van der Waals surface area contributed by atoms with Crippen LogP contribution in [0.25, 0.3) is 10.2 Å². The zero-order chi connectivity index (χ0) is 22.0. The van der Waals surface area contributed by atoms with Crippen molar-refractivity contribution in [2.75, 3.05) is 29.9 Å². The Bertz CT molecular complexity index is 1140. The fourth-order valence-electron chi connectivity index (χ4n) is 3.90. The minimum Gasteiger partial charge on any atom is -0.462 e. The van der Waals surface area contributed by atoms with Crippen molar-refractivity contribution >= 4 is 44.9 Å². The second-order valence-corrected chi connectivity index (χ2v) is 8.63. The second kappa shape index (κ2) is 9.01. The molecule has 1 aromatic carbocycles. The third kappa shape index (κ3) is 4.39. The fraction of sp³-hybridized carbons (Fsp3) is 0.391. The van der Waals surface area contributed by atoms with E-state index < -0.39 is 5.97 Å². The SMILES string of the molecule is CCOC(=O)c1cccc(NC(=O)c2sc3nc(C)nc(N4CCCCC4)c3c2C)c1. The number of nitrogens with zero attached hydrogens (tertiary/aromatic N) is 3. The number of anilines is 2. The maximum absolute atomic E-state index is 13.1. The van der Waals surface area contributed by atoms with Gasteiger partial charge in [0.05, 0.1) is 22.4 Å². The van der Waals surface area contributed by atoms with Gasteiger partial charge >= 0.3 is 5.97 Å². The van der Waals surface area contributed by atoms with Gasteiger partial charge in [-0.05, 0) is 63.8 Å². The topological polar surface area (TPSA) is 84.4 Å². The number of carbonyl (C=O) groups excluding carboxylic acids is 2. The summed E-state index contributed by atoms with van der Waals surface area (Å²) in [5.41, 5.74) is 1.84. The normalized spacial score (nSPS) is 14.0. The van der Waals surface area contributed by atoms with Crippen molar-refractivity contribution in [2.24, 2.45) is 0 Å². The Morgan fingerprint density at radius 3 is 2.68 bits per heavy atom. The van der Waals surface area contributed by atoms with Crippen molar-refractivity contribution in [3.63, 3.8) is 0 Å². The van der Waals surface area contributed by atoms with Gasteiger partial charge in [-0.25, -0.2) is 14.8 Å². The molecule has 0 unspecified atom stereocenters. The number of esters is 1. The number of amides is 1. The minimum atomic E-state index is -0.409. The van der Waals surface area contributed by atoms with E-state index in [1.54, 1.807) is 31.2 Å². The number of fused-ring (bicyclic) bond motifs is 1. The Labute approximate surface area is 185 Å². The standard InChI is InChI=1S/C23H26N4O3S/c1-4-30-23(29)16-9-8-10-17(13-16)26-21(28)19-14(2)18-20(27-11-6-5-7-12-27)24-15(3)25-22(18)31-19/h8-10,13H,4-7,11-12H2,1-3H3,(H,26,28). The number of thiophene rings is 1. The van der Waals surface area contributed by atoms with Crippen molar-refractivity contribution in [1.29, 1.82) is 0 Å². The third-order valence-electron chi connectivity index (χ3n) is 5.38. The number of carbonyl (C=O) groups is 2. The molecule has 3 aromatic rings. The Morgan fingerprint density at radius 2 is 1.94 bits per heavy atom. The van der Waals surface area contributed by atoms with E-state index in [-0.39, 0.29) is 5.91 Å². The monoisotopic (exact) mass is 438 g/mol. The lowest BCUT2D eigenvalue weighted by atomic mass is 10.1. The number of nitrogens with one attached hydrogen (secondary N) is 1. The number of ether oxygens (including phenoxy) is 1. The predicted octanol–water partition coefficient (Wildman–Crippen LogP) is 4.73. The van der Waals surface area contributed by atoms with Gasteiger partial charge in [-0.1, -0.05) is 6.07 Å². The maximum atomic E-state index is 13.1. The van der Waals surface area contributed by atoms with Crippen molar-refractivity contribution < 1.29 is 14.3 Å². The van der Waals surface area contributed by atoms with E-state index in [0.29, 0.717) is 28.6 Å². The summed E-state index contributed by atoms with van der Waals surface area (Å²) in [5, 5.41) is 3.87. The average molecular weight is 439 g/mol. The van der Waals surface area contributed by atoms with Crippen LogP contribution in [0.4, 0.5) is 11.5 Å². The second-order valence-electron chi connectivity index (χ2n) is 7.63. The van der Waals surface area contributed by atoms with Gasteiger partial charge in [-0.2, -0.15) is 0 Å². The van der Waals surface area contributed by atoms with Gasteiger partial charge in [0, 0.05) is 18.8 Å². The molecule has 8 heteroatoms. The van der Waals surface area contributed by atoms with Gasteiger partial charge in [-0.3, -0.25) is 4.79 Å². The Morgan fingerprint density at radius 1 is 1.16 bits per heavy atom. The Balaban J connectivity index is 1.65. The van der Waals surface area contributed by atoms with Crippen molar-refractivity contribution in [2.45, 2.75) is 40.0 Å². The number of piperidine rings is 1. The number of hydrogen-bond acceptors (Lipinski definition) is 7. The van der Waals surface area contributed by atoms with Gasteiger partial charge < -0.3 is 15.0 Å². The predicted molar refractivity (Wildman–Crippen MR) is 123 cm³/mol. The van der Waals surface area contributed by atoms with Crippen LogP contribution in [0.15, 0.2) is 24.3 Å². The molecule has 1 saturated heterocycles. The minimum absolute atomic E-state index is 0.219. The number of hydrogen-bond donors (Lipinski definition) is 1. The molecule has 1 aliphatic heterocycles. The zero-order valence-electron chi connectivity index (χ0n) is 18.0. The van der Waals surface area contributed by atoms with Crippen molar-refractivity contribution in [1.82, 2.24) is 9.97 Å². The molecule has 0 atom stereocenters. The van der Waals surface area contributed by atoms with E-state index >= 15 is 0 Å². The highest BCUT2D eigenvalue weighted by Gasteiger charge is 2.24. The molecule has 7 nitrogen and oxygen atoms in total. The molecule has 1 N–H and O–H groups in total. The number of aryl methyl sites for hydroxylation is 2. The summed E-state index contributed by atoms with van der Waals surface area (Å²) >= 11 is 1.38. The molecule has 0 bridgehead atoms. The molecule has 3 heterocycles. The number of rotatable bonds is 5. The fourth-order valence-corrected chi connectivity index (χ4v) is 5.02. The molecule has 0 radical (unpaired) electrons. The van der Waals surface area contributed by atoms with Crippen LogP contribution in [0.1, 0.15) is 57.6 Å². The molecule has 1 amide bonds. The van der Waals surface area contributed by atoms with E-state index in [1.165, 1.54) is 17.8 Å². The van der Waals surface area contributed by atoms with E-state index in [2.05, 4.69) is 15.2 Å². The lowest BCUT2D eigenvalue weighted by Crippen LogP contribution is -2.30. The van der Waals surface area contributed by atoms with Crippen molar-refractivity contribution in [3.8, 4) is 0 Å². The summed E-state index contributed by atoms with van der Waals surface area (Å²) in [7, 11) is 0. The first kappa shape index (κ1) is 21.2. The van der Waals surface area contributed by atoms with Gasteiger partial charge in [0.25, 0.3) is 5.91 Å². The molecule has 0 spiro atoms. The highest BCUT2D eigenvalue weighted by molar-refractivity contribution is 7.20. The van der Waals surface area contributed by atoms with Crippen molar-refractivity contribution in [3.05, 3.63) is 46.1 Å². The van der Waals surface area contributed by atoms with Crippen LogP contribution in [0.3, 0.4) is 0 Å². The lowest BCUT2D eigenvalue weighted by Gasteiger charge is -2.28. The Hall–Kier alpha value is -3.00. The molecule has 0 saturated carbocycles. The molecular formula is C23H26N4O3S. The van der Waals surface area contributed by atoms with Gasteiger partial charge in [0.15, 0.2) is 0 Å². The summed E-state index contributed by atoms with van der Waals surface area (Å²) in [6, 6.07) is 6.78. The summed E-state index contributed by atoms with van der Waals surface area (Å²) in [6.07, 6.45) is 3.54. The first-order valence-electron chi connectivity index (χ1n) is 10.6. The molecule has 4 rings (SSSR count). The summed E-state index contributed by atoms with van der Waals surface area (Å²) in [6.45, 7) is 7.86. The van der Waals surface area contributed by atoms with Crippen LogP contribution in [0, 0.1) is 13.8 Å². The van der Waals surface area contributed by atoms with Crippen LogP contribution in [-0.2, 0) is 4.74 Å². The van der Waals surface area contributed by atoms with E-state index in [4.69, 9.17) is 9.72 Å². The molecule has 1 fully saturated rings. The van der Waals surface area contributed by atoms with E-state index in [9.17, 15) is 9.59 Å². The molecule has 31 heavy (non-hydrogen) atoms. The molecule has 2 aromatic heterocycles. The highest BCUT2D eigenvalue weighted by atomic mass is 32.1. The van der Waals surface area contributed by atoms with Crippen LogP contribution < -0.4 is 10.2 Å². The maximum Gasteiger partial charge on any atom is 0.338 e. The largest absolute Gasteiger partial charge is 0.462 e. The smallest absolute Gasteiger partial charge is 0.338 e. The average Bonchev–Trinajstić information content (AvgIpc) is 3.10. The molecule has 0 aliphatic carbocycles. The molecule has 1 aliphatic rings.